The number of nitrogens with zero attached hydrogens (tertiary/aromatic N) is 1. The molecule has 0 amide bonds. The van der Waals surface area contributed by atoms with Gasteiger partial charge in [0.2, 0.25) is 0 Å². The Labute approximate surface area is 79.2 Å². The average molecular weight is 185 g/mol. The minimum absolute atomic E-state index is 0.256. The first-order valence-corrected chi connectivity index (χ1v) is 4.88. The Bertz CT molecular complexity index is 172. The Morgan fingerprint density at radius 3 is 3.00 bits per heavy atom. The summed E-state index contributed by atoms with van der Waals surface area (Å²) in [5.41, 5.74) is 5.28. The zero-order valence-corrected chi connectivity index (χ0v) is 8.00. The molecule has 0 aromatic heterocycles. The van der Waals surface area contributed by atoms with E-state index in [-0.39, 0.29) is 12.4 Å². The maximum absolute atomic E-state index is 8.99. The van der Waals surface area contributed by atoms with Gasteiger partial charge in [0.15, 0.2) is 0 Å². The Hall–Kier alpha value is -0.610. The third-order valence-electron chi connectivity index (χ3n) is 2.56. The lowest BCUT2D eigenvalue weighted by Crippen LogP contribution is -2.38. The van der Waals surface area contributed by atoms with Crippen LogP contribution in [-0.2, 0) is 0 Å². The van der Waals surface area contributed by atoms with Crippen molar-refractivity contribution in [2.75, 3.05) is 26.2 Å². The van der Waals surface area contributed by atoms with Gasteiger partial charge in [-0.2, -0.15) is 0 Å². The number of likely N-dealkylation sites (tertiary alicyclic amines) is 1. The fraction of sp³-hybridized carbons (Fsp3) is 0.889. The molecule has 4 N–H and O–H groups in total. The van der Waals surface area contributed by atoms with Crippen LogP contribution in [0.2, 0.25) is 0 Å². The van der Waals surface area contributed by atoms with E-state index in [0.29, 0.717) is 12.3 Å². The predicted octanol–water partition coefficient (Wildman–Crippen LogP) is 0.0168. The summed E-state index contributed by atoms with van der Waals surface area (Å²) in [6, 6.07) is 0. The summed E-state index contributed by atoms with van der Waals surface area (Å²) in [5, 5.41) is 16.1. The highest BCUT2D eigenvalue weighted by Crippen LogP contribution is 2.15. The molecule has 1 atom stereocenters. The smallest absolute Gasteiger partial charge is 0.0918 e. The zero-order chi connectivity index (χ0) is 9.68. The van der Waals surface area contributed by atoms with Crippen LogP contribution in [0.15, 0.2) is 0 Å². The molecule has 1 aliphatic rings. The van der Waals surface area contributed by atoms with E-state index < -0.39 is 0 Å². The standard InChI is InChI=1S/C9H19N3O/c10-9(11)3-5-12-4-1-2-8(6-12)7-13/h8,13H,1-7H2,(H3,10,11). The zero-order valence-electron chi connectivity index (χ0n) is 8.00. The highest BCUT2D eigenvalue weighted by molar-refractivity contribution is 5.76. The van der Waals surface area contributed by atoms with Crippen LogP contribution in [0.1, 0.15) is 19.3 Å². The van der Waals surface area contributed by atoms with Crippen molar-refractivity contribution in [3.8, 4) is 0 Å². The molecule has 0 radical (unpaired) electrons. The third-order valence-corrected chi connectivity index (χ3v) is 2.56. The second-order valence-corrected chi connectivity index (χ2v) is 3.77. The van der Waals surface area contributed by atoms with Crippen LogP contribution in [0, 0.1) is 11.3 Å². The van der Waals surface area contributed by atoms with Crippen LogP contribution < -0.4 is 5.73 Å². The van der Waals surface area contributed by atoms with Crippen LogP contribution in [0.4, 0.5) is 0 Å². The van der Waals surface area contributed by atoms with Crippen LogP contribution in [0.25, 0.3) is 0 Å². The van der Waals surface area contributed by atoms with E-state index in [9.17, 15) is 0 Å². The number of aliphatic hydroxyl groups is 1. The van der Waals surface area contributed by atoms with Crippen molar-refractivity contribution in [2.24, 2.45) is 11.7 Å². The summed E-state index contributed by atoms with van der Waals surface area (Å²) in [4.78, 5) is 2.28. The summed E-state index contributed by atoms with van der Waals surface area (Å²) >= 11 is 0. The SMILES string of the molecule is N=C(N)CCN1CCCC(CO)C1. The van der Waals surface area contributed by atoms with Crippen molar-refractivity contribution in [3.05, 3.63) is 0 Å². The number of hydrogen-bond donors (Lipinski definition) is 3. The Morgan fingerprint density at radius 1 is 1.62 bits per heavy atom. The van der Waals surface area contributed by atoms with Crippen LogP contribution in [-0.4, -0.2) is 42.1 Å². The van der Waals surface area contributed by atoms with Crippen molar-refractivity contribution in [1.29, 1.82) is 5.41 Å². The molecule has 1 unspecified atom stereocenters. The molecule has 76 valence electrons. The van der Waals surface area contributed by atoms with E-state index in [4.69, 9.17) is 16.2 Å². The van der Waals surface area contributed by atoms with Gasteiger partial charge in [0.25, 0.3) is 0 Å². The van der Waals surface area contributed by atoms with Crippen LogP contribution in [0.3, 0.4) is 0 Å². The first-order valence-electron chi connectivity index (χ1n) is 4.88. The quantitative estimate of drug-likeness (QED) is 0.427. The summed E-state index contributed by atoms with van der Waals surface area (Å²) in [6.45, 7) is 3.20. The van der Waals surface area contributed by atoms with Crippen molar-refractivity contribution in [3.63, 3.8) is 0 Å². The molecule has 4 nitrogen and oxygen atoms in total. The second-order valence-electron chi connectivity index (χ2n) is 3.77. The molecule has 1 aliphatic heterocycles. The van der Waals surface area contributed by atoms with Gasteiger partial charge in [-0.25, -0.2) is 0 Å². The molecule has 0 aromatic rings. The molecule has 0 aromatic carbocycles. The number of nitrogens with two attached hydrogens (primary N) is 1. The minimum Gasteiger partial charge on any atom is -0.396 e. The summed E-state index contributed by atoms with van der Waals surface area (Å²) in [6.07, 6.45) is 2.94. The van der Waals surface area contributed by atoms with E-state index in [1.807, 2.05) is 0 Å². The largest absolute Gasteiger partial charge is 0.396 e. The maximum Gasteiger partial charge on any atom is 0.0918 e. The third kappa shape index (κ3) is 3.74. The van der Waals surface area contributed by atoms with Crippen molar-refractivity contribution >= 4 is 5.84 Å². The van der Waals surface area contributed by atoms with E-state index in [1.165, 1.54) is 0 Å². The topological polar surface area (TPSA) is 73.3 Å². The van der Waals surface area contributed by atoms with Gasteiger partial charge in [0.05, 0.1) is 5.84 Å². The van der Waals surface area contributed by atoms with Crippen LogP contribution in [0.5, 0.6) is 0 Å². The molecule has 4 heteroatoms. The Morgan fingerprint density at radius 2 is 2.38 bits per heavy atom. The van der Waals surface area contributed by atoms with Crippen molar-refractivity contribution < 1.29 is 5.11 Å². The minimum atomic E-state index is 0.256. The Balaban J connectivity index is 2.21. The molecule has 1 fully saturated rings. The van der Waals surface area contributed by atoms with E-state index in [0.717, 1.165) is 32.5 Å². The molecule has 0 spiro atoms. The highest BCUT2D eigenvalue weighted by atomic mass is 16.3. The maximum atomic E-state index is 8.99. The molecule has 0 aliphatic carbocycles. The van der Waals surface area contributed by atoms with Gasteiger partial charge in [-0.15, -0.1) is 0 Å². The van der Waals surface area contributed by atoms with Gasteiger partial charge in [-0.3, -0.25) is 5.41 Å². The lowest BCUT2D eigenvalue weighted by atomic mass is 9.99. The van der Waals surface area contributed by atoms with E-state index >= 15 is 0 Å². The summed E-state index contributed by atoms with van der Waals surface area (Å²) in [5.74, 6) is 0.687. The number of aliphatic hydroxyl groups excluding tert-OH is 1. The van der Waals surface area contributed by atoms with E-state index in [2.05, 4.69) is 4.90 Å². The number of rotatable bonds is 4. The normalized spacial score (nSPS) is 24.5. The highest BCUT2D eigenvalue weighted by Gasteiger charge is 2.18. The van der Waals surface area contributed by atoms with Crippen LogP contribution >= 0.6 is 0 Å². The summed E-state index contributed by atoms with van der Waals surface area (Å²) in [7, 11) is 0. The lowest BCUT2D eigenvalue weighted by Gasteiger charge is -2.31. The fourth-order valence-electron chi connectivity index (χ4n) is 1.78. The van der Waals surface area contributed by atoms with Gasteiger partial charge < -0.3 is 15.7 Å². The van der Waals surface area contributed by atoms with Gasteiger partial charge >= 0.3 is 0 Å². The molecule has 0 bridgehead atoms. The van der Waals surface area contributed by atoms with Gasteiger partial charge in [0, 0.05) is 26.1 Å². The molecule has 0 saturated carbocycles. The number of piperidine rings is 1. The molecule has 1 heterocycles. The molecule has 1 saturated heterocycles. The van der Waals surface area contributed by atoms with Crippen molar-refractivity contribution in [1.82, 2.24) is 4.90 Å². The van der Waals surface area contributed by atoms with Gasteiger partial charge in [0.1, 0.15) is 0 Å². The number of nitrogens with one attached hydrogen (secondary N) is 1. The molecular formula is C9H19N3O. The monoisotopic (exact) mass is 185 g/mol. The fourth-order valence-corrected chi connectivity index (χ4v) is 1.78. The predicted molar refractivity (Wildman–Crippen MR) is 52.8 cm³/mol. The first-order chi connectivity index (χ1) is 6.22. The molecular weight excluding hydrogens is 166 g/mol. The summed E-state index contributed by atoms with van der Waals surface area (Å²) < 4.78 is 0. The molecule has 1 rings (SSSR count). The van der Waals surface area contributed by atoms with Gasteiger partial charge in [-0.05, 0) is 25.3 Å². The average Bonchev–Trinajstić information content (AvgIpc) is 2.15. The molecule has 13 heavy (non-hydrogen) atoms. The van der Waals surface area contributed by atoms with Crippen molar-refractivity contribution in [2.45, 2.75) is 19.3 Å². The number of amidine groups is 1. The second kappa shape index (κ2) is 5.19. The van der Waals surface area contributed by atoms with Gasteiger partial charge in [-0.1, -0.05) is 0 Å². The van der Waals surface area contributed by atoms with E-state index in [1.54, 1.807) is 0 Å². The lowest BCUT2D eigenvalue weighted by molar-refractivity contribution is 0.122. The number of hydrogen-bond acceptors (Lipinski definition) is 3. The first kappa shape index (κ1) is 10.5. The Kier molecular flexibility index (Phi) is 4.18.